The van der Waals surface area contributed by atoms with Crippen molar-refractivity contribution in [2.45, 2.75) is 0 Å². The van der Waals surface area contributed by atoms with Gasteiger partial charge in [-0.3, -0.25) is 4.79 Å². The number of ketones is 1. The Bertz CT molecular complexity index is 1190. The lowest BCUT2D eigenvalue weighted by atomic mass is 10.1. The number of hydrogen-bond donors (Lipinski definition) is 1. The Morgan fingerprint density at radius 1 is 0.643 bits per heavy atom. The number of aliphatic hydroxyl groups excluding tert-OH is 1. The van der Waals surface area contributed by atoms with Crippen LogP contribution >= 0.6 is 0 Å². The highest BCUT2D eigenvalue weighted by molar-refractivity contribution is 6.19. The van der Waals surface area contributed by atoms with Crippen LogP contribution in [0, 0.1) is 0 Å². The maximum atomic E-state index is 12.1. The van der Waals surface area contributed by atoms with E-state index in [2.05, 4.69) is 20.0 Å². The van der Waals surface area contributed by atoms with Gasteiger partial charge in [0.2, 0.25) is 0 Å². The second-order valence-corrected chi connectivity index (χ2v) is 6.52. The van der Waals surface area contributed by atoms with Crippen molar-refractivity contribution in [3.63, 3.8) is 0 Å². The van der Waals surface area contributed by atoms with Gasteiger partial charge in [-0.15, -0.1) is 0 Å². The van der Waals surface area contributed by atoms with Gasteiger partial charge in [-0.05, 0) is 66.8 Å². The molecule has 6 heteroatoms. The van der Waals surface area contributed by atoms with Gasteiger partial charge in [-0.1, -0.05) is 0 Å². The summed E-state index contributed by atoms with van der Waals surface area (Å²) < 4.78 is 0. The second kappa shape index (κ2) is 6.44. The van der Waals surface area contributed by atoms with E-state index in [1.54, 1.807) is 18.2 Å². The van der Waals surface area contributed by atoms with E-state index in [0.29, 0.717) is 22.7 Å². The quantitative estimate of drug-likeness (QED) is 0.814. The van der Waals surface area contributed by atoms with E-state index in [-0.39, 0.29) is 5.78 Å². The molecule has 28 heavy (non-hydrogen) atoms. The number of rotatable bonds is 2. The number of carbonyl (C=O) groups excluding carboxylic acids is 1. The molecule has 0 unspecified atom stereocenters. The first-order valence-electron chi connectivity index (χ1n) is 8.78. The molecule has 5 rings (SSSR count). The van der Waals surface area contributed by atoms with E-state index in [1.807, 2.05) is 48.6 Å². The molecule has 0 fully saturated rings. The number of aliphatic hydroxyl groups is 1. The molecular formula is C22H14N4O2. The van der Waals surface area contributed by atoms with E-state index in [1.165, 1.54) is 0 Å². The SMILES string of the molecule is O=C(CO)C1=CC2=NC1=CC1=NC(=CC3=NC(=CC4=NC(=C2)C=C4)C=C3)C=C1. The molecule has 134 valence electrons. The highest BCUT2D eigenvalue weighted by Crippen LogP contribution is 2.24. The minimum Gasteiger partial charge on any atom is -0.388 e. The molecule has 5 aliphatic heterocycles. The Hall–Kier alpha value is -3.77. The summed E-state index contributed by atoms with van der Waals surface area (Å²) in [4.78, 5) is 30.4. The number of carbonyl (C=O) groups is 1. The molecule has 0 aromatic rings. The number of aliphatic imine (C=N–C) groups is 4. The van der Waals surface area contributed by atoms with Crippen molar-refractivity contribution in [3.05, 3.63) is 95.2 Å². The maximum absolute atomic E-state index is 12.1. The summed E-state index contributed by atoms with van der Waals surface area (Å²) in [5, 5.41) is 9.29. The van der Waals surface area contributed by atoms with Gasteiger partial charge >= 0.3 is 0 Å². The van der Waals surface area contributed by atoms with E-state index in [9.17, 15) is 9.90 Å². The van der Waals surface area contributed by atoms with Gasteiger partial charge < -0.3 is 5.11 Å². The second-order valence-electron chi connectivity index (χ2n) is 6.52. The highest BCUT2D eigenvalue weighted by Gasteiger charge is 2.21. The number of Topliss-reactive ketones (excluding diaryl/α,β-unsaturated/α-hetero) is 1. The van der Waals surface area contributed by atoms with E-state index in [0.717, 1.165) is 28.5 Å². The summed E-state index contributed by atoms with van der Waals surface area (Å²) in [5.74, 6) is -0.382. The summed E-state index contributed by atoms with van der Waals surface area (Å²) in [6, 6.07) is 0. The van der Waals surface area contributed by atoms with Crippen LogP contribution in [0.1, 0.15) is 0 Å². The molecule has 0 saturated carbocycles. The van der Waals surface area contributed by atoms with Crippen LogP contribution in [-0.4, -0.2) is 40.3 Å². The average Bonchev–Trinajstić information content (AvgIpc) is 3.45. The fourth-order valence-electron chi connectivity index (χ4n) is 3.21. The van der Waals surface area contributed by atoms with Gasteiger partial charge in [0.1, 0.15) is 6.61 Å². The van der Waals surface area contributed by atoms with Crippen molar-refractivity contribution >= 4 is 28.6 Å². The first-order valence-corrected chi connectivity index (χ1v) is 8.78. The molecule has 0 spiro atoms. The van der Waals surface area contributed by atoms with E-state index >= 15 is 0 Å². The summed E-state index contributed by atoms with van der Waals surface area (Å²) in [6.45, 7) is -0.571. The van der Waals surface area contributed by atoms with Gasteiger partial charge in [0, 0.05) is 5.57 Å². The zero-order valence-corrected chi connectivity index (χ0v) is 14.7. The van der Waals surface area contributed by atoms with Crippen LogP contribution < -0.4 is 0 Å². The lowest BCUT2D eigenvalue weighted by Gasteiger charge is -1.99. The molecule has 0 aliphatic carbocycles. The molecule has 5 heterocycles. The van der Waals surface area contributed by atoms with Crippen molar-refractivity contribution in [1.29, 1.82) is 0 Å². The third-order valence-corrected chi connectivity index (χ3v) is 4.48. The lowest BCUT2D eigenvalue weighted by molar-refractivity contribution is -0.117. The van der Waals surface area contributed by atoms with Gasteiger partial charge in [0.05, 0.1) is 45.6 Å². The van der Waals surface area contributed by atoms with Gasteiger partial charge in [0.15, 0.2) is 5.78 Å². The Balaban J connectivity index is 1.66. The van der Waals surface area contributed by atoms with Crippen LogP contribution in [0.25, 0.3) is 0 Å². The maximum Gasteiger partial charge on any atom is 0.190 e. The molecule has 0 aromatic carbocycles. The van der Waals surface area contributed by atoms with Crippen molar-refractivity contribution in [2.75, 3.05) is 6.61 Å². The topological polar surface area (TPSA) is 86.7 Å². The van der Waals surface area contributed by atoms with Crippen LogP contribution in [-0.2, 0) is 4.79 Å². The molecule has 0 amide bonds. The van der Waals surface area contributed by atoms with Crippen LogP contribution in [0.4, 0.5) is 0 Å². The summed E-state index contributed by atoms with van der Waals surface area (Å²) >= 11 is 0. The van der Waals surface area contributed by atoms with Crippen LogP contribution in [0.3, 0.4) is 0 Å². The minimum atomic E-state index is -0.571. The van der Waals surface area contributed by atoms with Gasteiger partial charge in [-0.2, -0.15) is 0 Å². The van der Waals surface area contributed by atoms with Crippen LogP contribution in [0.15, 0.2) is 115 Å². The smallest absolute Gasteiger partial charge is 0.190 e. The minimum absolute atomic E-state index is 0.367. The molecule has 5 aliphatic rings. The van der Waals surface area contributed by atoms with Gasteiger partial charge in [0.25, 0.3) is 0 Å². The predicted molar refractivity (Wildman–Crippen MR) is 110 cm³/mol. The van der Waals surface area contributed by atoms with Crippen molar-refractivity contribution in [3.8, 4) is 0 Å². The first kappa shape index (κ1) is 16.4. The van der Waals surface area contributed by atoms with Crippen molar-refractivity contribution in [1.82, 2.24) is 0 Å². The average molecular weight is 366 g/mol. The number of allylic oxidation sites excluding steroid dienone is 12. The predicted octanol–water partition coefficient (Wildman–Crippen LogP) is 2.51. The molecule has 1 N–H and O–H groups in total. The normalized spacial score (nSPS) is 21.4. The Morgan fingerprint density at radius 2 is 1.14 bits per heavy atom. The number of fused-ring (bicyclic) bond motifs is 4. The summed E-state index contributed by atoms with van der Waals surface area (Å²) in [6.07, 6.45) is 20.4. The van der Waals surface area contributed by atoms with Crippen LogP contribution in [0.5, 0.6) is 0 Å². The molecule has 0 aromatic heterocycles. The Kier molecular flexibility index (Phi) is 3.77. The number of nitrogens with zero attached hydrogens (tertiary/aromatic N) is 4. The molecule has 0 saturated heterocycles. The largest absolute Gasteiger partial charge is 0.388 e. The van der Waals surface area contributed by atoms with E-state index in [4.69, 9.17) is 0 Å². The molecule has 8 bridgehead atoms. The third kappa shape index (κ3) is 3.06. The summed E-state index contributed by atoms with van der Waals surface area (Å²) in [7, 11) is 0. The zero-order chi connectivity index (χ0) is 19.1. The standard InChI is InChI=1S/C22H14N4O2/c27-12-22(28)20-10-19-9-17-4-3-15(24-17)7-13-1-2-14(23-13)8-16-5-6-18(25-16)11-21(20)26-19/h1-11,27H,12H2. The number of hydrogen-bond acceptors (Lipinski definition) is 6. The van der Waals surface area contributed by atoms with Crippen LogP contribution in [0.2, 0.25) is 0 Å². The summed E-state index contributed by atoms with van der Waals surface area (Å²) in [5.41, 5.74) is 6.07. The fourth-order valence-corrected chi connectivity index (χ4v) is 3.21. The Labute approximate surface area is 160 Å². The third-order valence-electron chi connectivity index (χ3n) is 4.48. The van der Waals surface area contributed by atoms with E-state index < -0.39 is 6.61 Å². The molecule has 0 radical (unpaired) electrons. The van der Waals surface area contributed by atoms with Gasteiger partial charge in [-0.25, -0.2) is 20.0 Å². The molecule has 0 atom stereocenters. The fraction of sp³-hybridized carbons (Fsp3) is 0.0455. The highest BCUT2D eigenvalue weighted by atomic mass is 16.3. The first-order chi connectivity index (χ1) is 13.7. The van der Waals surface area contributed by atoms with Crippen molar-refractivity contribution in [2.24, 2.45) is 20.0 Å². The Morgan fingerprint density at radius 3 is 1.68 bits per heavy atom. The molecule has 6 nitrogen and oxygen atoms in total. The lowest BCUT2D eigenvalue weighted by Crippen LogP contribution is -2.08. The monoisotopic (exact) mass is 366 g/mol. The molecular weight excluding hydrogens is 352 g/mol. The van der Waals surface area contributed by atoms with Crippen molar-refractivity contribution < 1.29 is 9.90 Å². The zero-order valence-electron chi connectivity index (χ0n) is 14.7.